The second kappa shape index (κ2) is 6.44. The molecule has 1 rings (SSSR count). The van der Waals surface area contributed by atoms with E-state index in [1.807, 2.05) is 19.2 Å². The SMILES string of the molecule is CNCCCCOc1ccc(C)cc1.[HH]. The fourth-order valence-electron chi connectivity index (χ4n) is 1.23. The zero-order valence-corrected chi connectivity index (χ0v) is 9.05. The van der Waals surface area contributed by atoms with Gasteiger partial charge in [0.25, 0.3) is 0 Å². The van der Waals surface area contributed by atoms with Gasteiger partial charge in [0, 0.05) is 1.43 Å². The lowest BCUT2D eigenvalue weighted by atomic mass is 10.2. The smallest absolute Gasteiger partial charge is 0.119 e. The van der Waals surface area contributed by atoms with Crippen LogP contribution >= 0.6 is 0 Å². The lowest BCUT2D eigenvalue weighted by Crippen LogP contribution is -2.09. The molecule has 0 aliphatic rings. The van der Waals surface area contributed by atoms with E-state index in [4.69, 9.17) is 4.74 Å². The quantitative estimate of drug-likeness (QED) is 0.704. The molecule has 2 heteroatoms. The normalized spacial score (nSPS) is 10.1. The highest BCUT2D eigenvalue weighted by atomic mass is 16.5. The van der Waals surface area contributed by atoms with Gasteiger partial charge in [-0.05, 0) is 45.5 Å². The Morgan fingerprint density at radius 1 is 1.21 bits per heavy atom. The molecule has 0 heterocycles. The topological polar surface area (TPSA) is 21.3 Å². The molecule has 0 aliphatic heterocycles. The fourth-order valence-corrected chi connectivity index (χ4v) is 1.23. The first-order valence-corrected chi connectivity index (χ1v) is 5.17. The number of ether oxygens (including phenoxy) is 1. The molecule has 0 saturated heterocycles. The van der Waals surface area contributed by atoms with Gasteiger partial charge in [-0.15, -0.1) is 0 Å². The van der Waals surface area contributed by atoms with Crippen molar-refractivity contribution in [1.82, 2.24) is 5.32 Å². The van der Waals surface area contributed by atoms with E-state index < -0.39 is 0 Å². The van der Waals surface area contributed by atoms with Gasteiger partial charge in [0.1, 0.15) is 5.75 Å². The van der Waals surface area contributed by atoms with E-state index in [1.54, 1.807) is 0 Å². The van der Waals surface area contributed by atoms with Crippen molar-refractivity contribution in [2.75, 3.05) is 20.2 Å². The highest BCUT2D eigenvalue weighted by Crippen LogP contribution is 2.11. The average Bonchev–Trinajstić information content (AvgIpc) is 2.21. The van der Waals surface area contributed by atoms with E-state index in [2.05, 4.69) is 24.4 Å². The Balaban J connectivity index is 0.00000196. The van der Waals surface area contributed by atoms with Crippen LogP contribution in [0.1, 0.15) is 19.8 Å². The second-order valence-electron chi connectivity index (χ2n) is 3.47. The zero-order chi connectivity index (χ0) is 10.2. The van der Waals surface area contributed by atoms with Crippen molar-refractivity contribution in [2.24, 2.45) is 0 Å². The van der Waals surface area contributed by atoms with Crippen LogP contribution in [0.3, 0.4) is 0 Å². The van der Waals surface area contributed by atoms with Gasteiger partial charge in [-0.3, -0.25) is 0 Å². The number of hydrogen-bond acceptors (Lipinski definition) is 2. The second-order valence-corrected chi connectivity index (χ2v) is 3.47. The van der Waals surface area contributed by atoms with Crippen molar-refractivity contribution < 1.29 is 6.16 Å². The van der Waals surface area contributed by atoms with Crippen LogP contribution < -0.4 is 10.1 Å². The third kappa shape index (κ3) is 4.28. The largest absolute Gasteiger partial charge is 0.494 e. The third-order valence-electron chi connectivity index (χ3n) is 2.11. The molecule has 0 amide bonds. The maximum Gasteiger partial charge on any atom is 0.119 e. The van der Waals surface area contributed by atoms with E-state index in [0.29, 0.717) is 0 Å². The van der Waals surface area contributed by atoms with Crippen molar-refractivity contribution in [3.63, 3.8) is 0 Å². The van der Waals surface area contributed by atoms with Crippen LogP contribution in [0.15, 0.2) is 24.3 Å². The summed E-state index contributed by atoms with van der Waals surface area (Å²) in [5.41, 5.74) is 1.27. The summed E-state index contributed by atoms with van der Waals surface area (Å²) >= 11 is 0. The molecule has 80 valence electrons. The minimum absolute atomic E-state index is 0. The molecule has 0 aliphatic carbocycles. The molecule has 0 spiro atoms. The van der Waals surface area contributed by atoms with Crippen molar-refractivity contribution >= 4 is 0 Å². The highest BCUT2D eigenvalue weighted by molar-refractivity contribution is 5.26. The average molecular weight is 195 g/mol. The Labute approximate surface area is 87.8 Å². The molecular weight excluding hydrogens is 174 g/mol. The number of hydrogen-bond donors (Lipinski definition) is 1. The van der Waals surface area contributed by atoms with Crippen molar-refractivity contribution in [3.8, 4) is 5.75 Å². The molecule has 0 fully saturated rings. The minimum Gasteiger partial charge on any atom is -0.494 e. The van der Waals surface area contributed by atoms with E-state index in [-0.39, 0.29) is 1.43 Å². The van der Waals surface area contributed by atoms with Crippen LogP contribution in [0.25, 0.3) is 0 Å². The Bertz CT molecular complexity index is 248. The lowest BCUT2D eigenvalue weighted by molar-refractivity contribution is 0.306. The zero-order valence-electron chi connectivity index (χ0n) is 9.05. The van der Waals surface area contributed by atoms with Crippen LogP contribution in [0.4, 0.5) is 0 Å². The van der Waals surface area contributed by atoms with E-state index in [9.17, 15) is 0 Å². The first-order chi connectivity index (χ1) is 6.83. The molecule has 0 unspecified atom stereocenters. The van der Waals surface area contributed by atoms with E-state index in [0.717, 1.165) is 25.3 Å². The number of rotatable bonds is 6. The summed E-state index contributed by atoms with van der Waals surface area (Å²) in [5, 5.41) is 3.12. The fraction of sp³-hybridized carbons (Fsp3) is 0.500. The van der Waals surface area contributed by atoms with Crippen LogP contribution in [0.5, 0.6) is 5.75 Å². The third-order valence-corrected chi connectivity index (χ3v) is 2.11. The Morgan fingerprint density at radius 2 is 1.93 bits per heavy atom. The molecule has 1 aromatic carbocycles. The summed E-state index contributed by atoms with van der Waals surface area (Å²) in [7, 11) is 1.97. The molecule has 0 radical (unpaired) electrons. The summed E-state index contributed by atoms with van der Waals surface area (Å²) in [6, 6.07) is 8.19. The predicted molar refractivity (Wildman–Crippen MR) is 61.9 cm³/mol. The van der Waals surface area contributed by atoms with Crippen LogP contribution in [0, 0.1) is 6.92 Å². The first kappa shape index (κ1) is 11.1. The van der Waals surface area contributed by atoms with Crippen molar-refractivity contribution in [1.29, 1.82) is 0 Å². The monoisotopic (exact) mass is 195 g/mol. The number of aryl methyl sites for hydroxylation is 1. The Hall–Kier alpha value is -1.02. The number of unbranched alkanes of at least 4 members (excludes halogenated alkanes) is 1. The predicted octanol–water partition coefficient (Wildman–Crippen LogP) is 2.62. The van der Waals surface area contributed by atoms with Gasteiger partial charge < -0.3 is 10.1 Å². The molecule has 14 heavy (non-hydrogen) atoms. The van der Waals surface area contributed by atoms with Gasteiger partial charge in [0.2, 0.25) is 0 Å². The van der Waals surface area contributed by atoms with Gasteiger partial charge in [-0.2, -0.15) is 0 Å². The summed E-state index contributed by atoms with van der Waals surface area (Å²) in [6.45, 7) is 3.96. The Kier molecular flexibility index (Phi) is 5.08. The first-order valence-electron chi connectivity index (χ1n) is 5.17. The van der Waals surface area contributed by atoms with E-state index >= 15 is 0 Å². The summed E-state index contributed by atoms with van der Waals surface area (Å²) in [5.74, 6) is 0.972. The van der Waals surface area contributed by atoms with Crippen molar-refractivity contribution in [2.45, 2.75) is 19.8 Å². The molecule has 0 bridgehead atoms. The molecule has 2 nitrogen and oxygen atoms in total. The molecule has 0 saturated carbocycles. The van der Waals surface area contributed by atoms with Crippen molar-refractivity contribution in [3.05, 3.63) is 29.8 Å². The van der Waals surface area contributed by atoms with Gasteiger partial charge in [-0.1, -0.05) is 17.7 Å². The van der Waals surface area contributed by atoms with Gasteiger partial charge in [0.05, 0.1) is 6.61 Å². The van der Waals surface area contributed by atoms with Gasteiger partial charge >= 0.3 is 0 Å². The highest BCUT2D eigenvalue weighted by Gasteiger charge is 1.92. The van der Waals surface area contributed by atoms with Crippen LogP contribution in [0.2, 0.25) is 0 Å². The minimum atomic E-state index is 0. The summed E-state index contributed by atoms with van der Waals surface area (Å²) in [4.78, 5) is 0. The molecule has 1 aromatic rings. The maximum atomic E-state index is 5.58. The maximum absolute atomic E-state index is 5.58. The lowest BCUT2D eigenvalue weighted by Gasteiger charge is -2.05. The van der Waals surface area contributed by atoms with Gasteiger partial charge in [0.15, 0.2) is 0 Å². The standard InChI is InChI=1S/C12H19NO.H2/c1-11-5-7-12(8-6-11)14-10-4-3-9-13-2;/h5-8,13H,3-4,9-10H2,1-2H3;1H. The molecular formula is C12H21NO. The summed E-state index contributed by atoms with van der Waals surface area (Å²) in [6.07, 6.45) is 2.27. The number of nitrogens with one attached hydrogen (secondary N) is 1. The van der Waals surface area contributed by atoms with Crippen LogP contribution in [-0.4, -0.2) is 20.2 Å². The van der Waals surface area contributed by atoms with Gasteiger partial charge in [-0.25, -0.2) is 0 Å². The molecule has 1 N–H and O–H groups in total. The Morgan fingerprint density at radius 3 is 2.57 bits per heavy atom. The molecule has 0 aromatic heterocycles. The molecule has 0 atom stereocenters. The summed E-state index contributed by atoms with van der Waals surface area (Å²) < 4.78 is 5.58. The van der Waals surface area contributed by atoms with E-state index in [1.165, 1.54) is 12.0 Å². The van der Waals surface area contributed by atoms with Crippen LogP contribution in [-0.2, 0) is 0 Å². The number of benzene rings is 1.